The van der Waals surface area contributed by atoms with Crippen molar-refractivity contribution in [2.45, 2.75) is 0 Å². The van der Waals surface area contributed by atoms with Crippen LogP contribution in [0.3, 0.4) is 0 Å². The molecule has 0 spiro atoms. The number of hydrogen-bond acceptors (Lipinski definition) is 7. The van der Waals surface area contributed by atoms with Gasteiger partial charge >= 0.3 is 11.8 Å². The molecule has 2 aromatic carbocycles. The van der Waals surface area contributed by atoms with E-state index < -0.39 is 17.7 Å². The molecular formula is C22H25N3O7. The maximum atomic E-state index is 12.7. The average molecular weight is 443 g/mol. The molecule has 0 aromatic heterocycles. The number of benzene rings is 2. The van der Waals surface area contributed by atoms with Crippen LogP contribution >= 0.6 is 0 Å². The maximum Gasteiger partial charge on any atom is 0.316 e. The Morgan fingerprint density at radius 1 is 0.812 bits per heavy atom. The normalized spacial score (nSPS) is 13.6. The van der Waals surface area contributed by atoms with Crippen molar-refractivity contribution in [3.8, 4) is 23.0 Å². The van der Waals surface area contributed by atoms with E-state index in [0.29, 0.717) is 34.4 Å². The summed E-state index contributed by atoms with van der Waals surface area (Å²) in [5.41, 5.74) is 0.991. The zero-order valence-corrected chi connectivity index (χ0v) is 18.3. The molecule has 1 saturated heterocycles. The molecule has 0 atom stereocenters. The highest BCUT2D eigenvalue weighted by molar-refractivity contribution is 6.41. The smallest absolute Gasteiger partial charge is 0.316 e. The highest BCUT2D eigenvalue weighted by Crippen LogP contribution is 2.32. The molecule has 0 saturated carbocycles. The summed E-state index contributed by atoms with van der Waals surface area (Å²) < 4.78 is 20.9. The van der Waals surface area contributed by atoms with Crippen LogP contribution < -0.4 is 29.2 Å². The average Bonchev–Trinajstić information content (AvgIpc) is 2.81. The lowest BCUT2D eigenvalue weighted by Gasteiger charge is -2.33. The molecule has 170 valence electrons. The highest BCUT2D eigenvalue weighted by atomic mass is 16.5. The number of hydrogen-bond donors (Lipinski definition) is 1. The van der Waals surface area contributed by atoms with E-state index in [9.17, 15) is 14.4 Å². The molecule has 0 aliphatic carbocycles. The van der Waals surface area contributed by atoms with Crippen molar-refractivity contribution in [1.82, 2.24) is 4.90 Å². The lowest BCUT2D eigenvalue weighted by molar-refractivity contribution is -0.147. The summed E-state index contributed by atoms with van der Waals surface area (Å²) in [6.07, 6.45) is 0. The number of carbonyl (C=O) groups excluding carboxylic acids is 3. The lowest BCUT2D eigenvalue weighted by atomic mass is 10.2. The SMILES string of the molecule is COc1ccc(NC(=O)CN2CCN(c3ccc(OC)c(OC)c3)C(=O)C2=O)cc1OC. The summed E-state index contributed by atoms with van der Waals surface area (Å²) in [7, 11) is 6.01. The fourth-order valence-corrected chi connectivity index (χ4v) is 3.35. The zero-order valence-electron chi connectivity index (χ0n) is 18.3. The van der Waals surface area contributed by atoms with Gasteiger partial charge in [-0.25, -0.2) is 0 Å². The van der Waals surface area contributed by atoms with Crippen LogP contribution in [0.25, 0.3) is 0 Å². The van der Waals surface area contributed by atoms with Gasteiger partial charge in [0.15, 0.2) is 23.0 Å². The van der Waals surface area contributed by atoms with Gasteiger partial charge in [-0.3, -0.25) is 14.4 Å². The van der Waals surface area contributed by atoms with Crippen molar-refractivity contribution in [1.29, 1.82) is 0 Å². The maximum absolute atomic E-state index is 12.7. The van der Waals surface area contributed by atoms with Crippen LogP contribution in [0.4, 0.5) is 11.4 Å². The van der Waals surface area contributed by atoms with E-state index in [2.05, 4.69) is 5.32 Å². The second kappa shape index (κ2) is 9.90. The molecule has 1 heterocycles. The minimum Gasteiger partial charge on any atom is -0.493 e. The minimum absolute atomic E-state index is 0.207. The van der Waals surface area contributed by atoms with Crippen LogP contribution in [0.5, 0.6) is 23.0 Å². The number of carbonyl (C=O) groups is 3. The second-order valence-electron chi connectivity index (χ2n) is 6.84. The molecule has 3 rings (SSSR count). The van der Waals surface area contributed by atoms with E-state index in [1.165, 1.54) is 38.2 Å². The van der Waals surface area contributed by atoms with Gasteiger partial charge in [-0.2, -0.15) is 0 Å². The van der Waals surface area contributed by atoms with Gasteiger partial charge in [-0.05, 0) is 24.3 Å². The Balaban J connectivity index is 1.65. The first-order valence-corrected chi connectivity index (χ1v) is 9.76. The van der Waals surface area contributed by atoms with E-state index in [4.69, 9.17) is 18.9 Å². The molecule has 0 radical (unpaired) electrons. The Kier molecular flexibility index (Phi) is 7.04. The number of anilines is 2. The minimum atomic E-state index is -0.756. The Bertz CT molecular complexity index is 1020. The third-order valence-corrected chi connectivity index (χ3v) is 4.99. The molecule has 0 bridgehead atoms. The molecule has 32 heavy (non-hydrogen) atoms. The summed E-state index contributed by atoms with van der Waals surface area (Å²) in [5.74, 6) is 0.0361. The van der Waals surface area contributed by atoms with Crippen molar-refractivity contribution >= 4 is 29.1 Å². The Morgan fingerprint density at radius 2 is 1.41 bits per heavy atom. The van der Waals surface area contributed by atoms with Crippen molar-refractivity contribution in [3.05, 3.63) is 36.4 Å². The van der Waals surface area contributed by atoms with Crippen molar-refractivity contribution in [2.75, 3.05) is 58.3 Å². The van der Waals surface area contributed by atoms with Gasteiger partial charge in [0.2, 0.25) is 5.91 Å². The summed E-state index contributed by atoms with van der Waals surface area (Å²) in [4.78, 5) is 40.3. The molecule has 1 fully saturated rings. The molecule has 0 unspecified atom stereocenters. The van der Waals surface area contributed by atoms with Gasteiger partial charge in [0, 0.05) is 36.6 Å². The number of piperazine rings is 1. The van der Waals surface area contributed by atoms with E-state index in [-0.39, 0.29) is 19.6 Å². The van der Waals surface area contributed by atoms with Crippen molar-refractivity contribution < 1.29 is 33.3 Å². The van der Waals surface area contributed by atoms with E-state index in [0.717, 1.165) is 0 Å². The van der Waals surface area contributed by atoms with Crippen LogP contribution in [0.2, 0.25) is 0 Å². The molecule has 1 aliphatic heterocycles. The molecule has 2 aromatic rings. The molecule has 1 aliphatic rings. The number of rotatable bonds is 8. The largest absolute Gasteiger partial charge is 0.493 e. The van der Waals surface area contributed by atoms with Crippen LogP contribution in [0, 0.1) is 0 Å². The molecule has 10 heteroatoms. The standard InChI is InChI=1S/C22H25N3O7/c1-29-16-7-5-14(11-18(16)31-3)23-20(26)13-24-9-10-25(22(28)21(24)27)15-6-8-17(30-2)19(12-15)32-4/h5-8,11-12H,9-10,13H2,1-4H3,(H,23,26). The Labute approximate surface area is 185 Å². The number of methoxy groups -OCH3 is 4. The van der Waals surface area contributed by atoms with Gasteiger partial charge in [0.05, 0.1) is 28.4 Å². The first-order valence-electron chi connectivity index (χ1n) is 9.76. The number of amides is 3. The van der Waals surface area contributed by atoms with Crippen LogP contribution in [-0.4, -0.2) is 70.7 Å². The van der Waals surface area contributed by atoms with Gasteiger partial charge in [-0.1, -0.05) is 0 Å². The molecule has 1 N–H and O–H groups in total. The molecular weight excluding hydrogens is 418 g/mol. The third-order valence-electron chi connectivity index (χ3n) is 4.99. The highest BCUT2D eigenvalue weighted by Gasteiger charge is 2.34. The fraction of sp³-hybridized carbons (Fsp3) is 0.318. The van der Waals surface area contributed by atoms with E-state index in [1.807, 2.05) is 0 Å². The van der Waals surface area contributed by atoms with Gasteiger partial charge in [0.1, 0.15) is 6.54 Å². The molecule has 10 nitrogen and oxygen atoms in total. The van der Waals surface area contributed by atoms with Gasteiger partial charge in [0.25, 0.3) is 0 Å². The monoisotopic (exact) mass is 443 g/mol. The number of ether oxygens (including phenoxy) is 4. The van der Waals surface area contributed by atoms with Gasteiger partial charge in [-0.15, -0.1) is 0 Å². The Hall–Kier alpha value is -3.95. The predicted octanol–water partition coefficient (Wildman–Crippen LogP) is 1.53. The number of nitrogens with one attached hydrogen (secondary N) is 1. The van der Waals surface area contributed by atoms with Crippen molar-refractivity contribution in [2.24, 2.45) is 0 Å². The zero-order chi connectivity index (χ0) is 23.3. The number of nitrogens with zero attached hydrogens (tertiary/aromatic N) is 2. The van der Waals surface area contributed by atoms with E-state index in [1.54, 1.807) is 36.4 Å². The summed E-state index contributed by atoms with van der Waals surface area (Å²) in [5, 5.41) is 2.70. The van der Waals surface area contributed by atoms with Crippen LogP contribution in [-0.2, 0) is 14.4 Å². The first kappa shape index (κ1) is 22.7. The quantitative estimate of drug-likeness (QED) is 0.617. The van der Waals surface area contributed by atoms with Crippen molar-refractivity contribution in [3.63, 3.8) is 0 Å². The van der Waals surface area contributed by atoms with Crippen LogP contribution in [0.1, 0.15) is 0 Å². The fourth-order valence-electron chi connectivity index (χ4n) is 3.35. The third kappa shape index (κ3) is 4.69. The topological polar surface area (TPSA) is 107 Å². The van der Waals surface area contributed by atoms with E-state index >= 15 is 0 Å². The Morgan fingerprint density at radius 3 is 2.03 bits per heavy atom. The predicted molar refractivity (Wildman–Crippen MR) is 117 cm³/mol. The second-order valence-corrected chi connectivity index (χ2v) is 6.84. The summed E-state index contributed by atoms with van der Waals surface area (Å²) in [6, 6.07) is 9.88. The lowest BCUT2D eigenvalue weighted by Crippen LogP contribution is -2.56. The van der Waals surface area contributed by atoms with Gasteiger partial charge < -0.3 is 34.1 Å². The molecule has 3 amide bonds. The first-order chi connectivity index (χ1) is 15.4. The summed E-state index contributed by atoms with van der Waals surface area (Å²) >= 11 is 0. The van der Waals surface area contributed by atoms with Crippen LogP contribution in [0.15, 0.2) is 36.4 Å². The summed E-state index contributed by atoms with van der Waals surface area (Å²) in [6.45, 7) is 0.195.